The maximum absolute atomic E-state index is 14.1. The first-order valence-electron chi connectivity index (χ1n) is 6.04. The second kappa shape index (κ2) is 4.29. The van der Waals surface area contributed by atoms with Gasteiger partial charge in [-0.25, -0.2) is 8.78 Å². The standard InChI is InChI=1S/C15H12ClF2N/c16-10-1-3-13(14(18)8-10)15(19)6-5-9-7-11(17)2-4-12(9)15/h1-4,7-8H,5-6,19H2. The van der Waals surface area contributed by atoms with Gasteiger partial charge in [0.25, 0.3) is 0 Å². The Morgan fingerprint density at radius 3 is 2.53 bits per heavy atom. The van der Waals surface area contributed by atoms with Crippen molar-refractivity contribution in [2.24, 2.45) is 5.73 Å². The van der Waals surface area contributed by atoms with Crippen LogP contribution in [0.3, 0.4) is 0 Å². The van der Waals surface area contributed by atoms with Gasteiger partial charge in [-0.1, -0.05) is 23.7 Å². The van der Waals surface area contributed by atoms with Crippen LogP contribution in [0.15, 0.2) is 36.4 Å². The van der Waals surface area contributed by atoms with E-state index >= 15 is 0 Å². The lowest BCUT2D eigenvalue weighted by molar-refractivity contribution is 0.491. The summed E-state index contributed by atoms with van der Waals surface area (Å²) in [7, 11) is 0. The van der Waals surface area contributed by atoms with Gasteiger partial charge >= 0.3 is 0 Å². The van der Waals surface area contributed by atoms with Crippen molar-refractivity contribution < 1.29 is 8.78 Å². The monoisotopic (exact) mass is 279 g/mol. The molecule has 1 aliphatic rings. The third kappa shape index (κ3) is 1.94. The zero-order chi connectivity index (χ0) is 13.6. The minimum atomic E-state index is -0.905. The Kier molecular flexibility index (Phi) is 2.84. The summed E-state index contributed by atoms with van der Waals surface area (Å²) >= 11 is 5.76. The van der Waals surface area contributed by atoms with E-state index in [-0.39, 0.29) is 5.82 Å². The lowest BCUT2D eigenvalue weighted by Gasteiger charge is -2.26. The summed E-state index contributed by atoms with van der Waals surface area (Å²) < 4.78 is 27.3. The molecule has 2 aromatic carbocycles. The first-order chi connectivity index (χ1) is 9.00. The van der Waals surface area contributed by atoms with Crippen LogP contribution in [0.1, 0.15) is 23.1 Å². The van der Waals surface area contributed by atoms with Crippen molar-refractivity contribution in [2.45, 2.75) is 18.4 Å². The Labute approximate surface area is 115 Å². The van der Waals surface area contributed by atoms with Crippen molar-refractivity contribution in [3.8, 4) is 0 Å². The highest BCUT2D eigenvalue weighted by atomic mass is 35.5. The second-order valence-electron chi connectivity index (χ2n) is 4.90. The van der Waals surface area contributed by atoms with Crippen LogP contribution in [0.5, 0.6) is 0 Å². The first kappa shape index (κ1) is 12.6. The summed E-state index contributed by atoms with van der Waals surface area (Å²) in [5.41, 5.74) is 7.52. The topological polar surface area (TPSA) is 26.0 Å². The van der Waals surface area contributed by atoms with Crippen molar-refractivity contribution in [1.82, 2.24) is 0 Å². The number of hydrogen-bond acceptors (Lipinski definition) is 1. The molecule has 0 saturated carbocycles. The molecule has 3 rings (SSSR count). The Balaban J connectivity index is 2.16. The van der Waals surface area contributed by atoms with Crippen LogP contribution in [0.4, 0.5) is 8.78 Å². The van der Waals surface area contributed by atoms with Gasteiger partial charge in [-0.05, 0) is 48.2 Å². The number of halogens is 3. The Bertz CT molecular complexity index is 657. The van der Waals surface area contributed by atoms with Gasteiger partial charge in [-0.15, -0.1) is 0 Å². The molecule has 2 N–H and O–H groups in total. The molecule has 0 saturated heterocycles. The molecule has 0 radical (unpaired) electrons. The van der Waals surface area contributed by atoms with E-state index in [0.29, 0.717) is 23.4 Å². The minimum absolute atomic E-state index is 0.292. The molecule has 4 heteroatoms. The molecule has 0 aromatic heterocycles. The summed E-state index contributed by atoms with van der Waals surface area (Å²) in [5.74, 6) is -0.716. The van der Waals surface area contributed by atoms with E-state index in [2.05, 4.69) is 0 Å². The smallest absolute Gasteiger partial charge is 0.130 e. The Hall–Kier alpha value is -1.45. The van der Waals surface area contributed by atoms with E-state index in [0.717, 1.165) is 11.1 Å². The molecule has 0 amide bonds. The van der Waals surface area contributed by atoms with E-state index in [1.807, 2.05) is 0 Å². The van der Waals surface area contributed by atoms with Gasteiger partial charge in [0, 0.05) is 10.6 Å². The van der Waals surface area contributed by atoms with Crippen LogP contribution in [-0.4, -0.2) is 0 Å². The van der Waals surface area contributed by atoms with Crippen LogP contribution < -0.4 is 5.73 Å². The predicted octanol–water partition coefficient (Wildman–Crippen LogP) is 3.77. The number of hydrogen-bond donors (Lipinski definition) is 1. The summed E-state index contributed by atoms with van der Waals surface area (Å²) in [6.45, 7) is 0. The molecule has 0 spiro atoms. The van der Waals surface area contributed by atoms with E-state index in [9.17, 15) is 8.78 Å². The fourth-order valence-electron chi connectivity index (χ4n) is 2.80. The van der Waals surface area contributed by atoms with E-state index in [4.69, 9.17) is 17.3 Å². The number of nitrogens with two attached hydrogens (primary N) is 1. The molecule has 1 unspecified atom stereocenters. The molecule has 98 valence electrons. The van der Waals surface area contributed by atoms with E-state index < -0.39 is 11.4 Å². The third-order valence-electron chi connectivity index (χ3n) is 3.75. The summed E-state index contributed by atoms with van der Waals surface area (Å²) in [6, 6.07) is 8.96. The number of aryl methyl sites for hydroxylation is 1. The normalized spacial score (nSPS) is 21.5. The molecule has 1 atom stereocenters. The molecule has 1 aliphatic carbocycles. The van der Waals surface area contributed by atoms with E-state index in [1.54, 1.807) is 18.2 Å². The maximum atomic E-state index is 14.1. The SMILES string of the molecule is NC1(c2ccc(Cl)cc2F)CCc2cc(F)ccc21. The molecule has 0 heterocycles. The first-order valence-corrected chi connectivity index (χ1v) is 6.42. The fourth-order valence-corrected chi connectivity index (χ4v) is 2.96. The molecule has 0 bridgehead atoms. The number of rotatable bonds is 1. The highest BCUT2D eigenvalue weighted by Crippen LogP contribution is 2.41. The zero-order valence-electron chi connectivity index (χ0n) is 10.1. The zero-order valence-corrected chi connectivity index (χ0v) is 10.8. The van der Waals surface area contributed by atoms with Crippen LogP contribution >= 0.6 is 11.6 Å². The molecule has 0 aliphatic heterocycles. The van der Waals surface area contributed by atoms with E-state index in [1.165, 1.54) is 18.2 Å². The number of fused-ring (bicyclic) bond motifs is 1. The lowest BCUT2D eigenvalue weighted by Crippen LogP contribution is -2.36. The Morgan fingerprint density at radius 1 is 1.05 bits per heavy atom. The van der Waals surface area contributed by atoms with Crippen molar-refractivity contribution in [3.63, 3.8) is 0 Å². The summed E-state index contributed by atoms with van der Waals surface area (Å²) in [4.78, 5) is 0. The molecule has 1 nitrogen and oxygen atoms in total. The average molecular weight is 280 g/mol. The molecule has 2 aromatic rings. The quantitative estimate of drug-likeness (QED) is 0.845. The number of benzene rings is 2. The van der Waals surface area contributed by atoms with Crippen LogP contribution in [0.2, 0.25) is 5.02 Å². The van der Waals surface area contributed by atoms with Crippen LogP contribution in [-0.2, 0) is 12.0 Å². The molecule has 0 fully saturated rings. The second-order valence-corrected chi connectivity index (χ2v) is 5.33. The molecule has 19 heavy (non-hydrogen) atoms. The van der Waals surface area contributed by atoms with Gasteiger partial charge in [-0.2, -0.15) is 0 Å². The summed E-state index contributed by atoms with van der Waals surface area (Å²) in [5, 5.41) is 0.335. The highest BCUT2D eigenvalue weighted by Gasteiger charge is 2.38. The van der Waals surface area contributed by atoms with Gasteiger partial charge in [0.05, 0.1) is 5.54 Å². The van der Waals surface area contributed by atoms with Crippen molar-refractivity contribution in [3.05, 3.63) is 69.7 Å². The average Bonchev–Trinajstić information content (AvgIpc) is 2.67. The van der Waals surface area contributed by atoms with Crippen LogP contribution in [0, 0.1) is 11.6 Å². The van der Waals surface area contributed by atoms with Gasteiger partial charge in [0.15, 0.2) is 0 Å². The third-order valence-corrected chi connectivity index (χ3v) is 3.98. The summed E-state index contributed by atoms with van der Waals surface area (Å²) in [6.07, 6.45) is 1.20. The minimum Gasteiger partial charge on any atom is -0.318 e. The van der Waals surface area contributed by atoms with Crippen molar-refractivity contribution in [2.75, 3.05) is 0 Å². The molecular weight excluding hydrogens is 268 g/mol. The Morgan fingerprint density at radius 2 is 1.79 bits per heavy atom. The van der Waals surface area contributed by atoms with Gasteiger partial charge < -0.3 is 5.73 Å². The highest BCUT2D eigenvalue weighted by molar-refractivity contribution is 6.30. The largest absolute Gasteiger partial charge is 0.318 e. The van der Waals surface area contributed by atoms with Crippen molar-refractivity contribution in [1.29, 1.82) is 0 Å². The van der Waals surface area contributed by atoms with Gasteiger partial charge in [0.2, 0.25) is 0 Å². The molecular formula is C15H12ClF2N. The maximum Gasteiger partial charge on any atom is 0.130 e. The van der Waals surface area contributed by atoms with Gasteiger partial charge in [-0.3, -0.25) is 0 Å². The lowest BCUT2D eigenvalue weighted by atomic mass is 9.85. The predicted molar refractivity (Wildman–Crippen MR) is 71.1 cm³/mol. The van der Waals surface area contributed by atoms with Crippen molar-refractivity contribution >= 4 is 11.6 Å². The fraction of sp³-hybridized carbons (Fsp3) is 0.200. The van der Waals surface area contributed by atoms with Gasteiger partial charge in [0.1, 0.15) is 11.6 Å². The van der Waals surface area contributed by atoms with Crippen LogP contribution in [0.25, 0.3) is 0 Å².